The van der Waals surface area contributed by atoms with E-state index in [2.05, 4.69) is 20.0 Å². The zero-order valence-electron chi connectivity index (χ0n) is 17.8. The Balaban J connectivity index is 1.89. The Hall–Kier alpha value is -2.59. The number of nitrogens with zero attached hydrogens (tertiary/aromatic N) is 2. The van der Waals surface area contributed by atoms with Crippen molar-refractivity contribution in [3.8, 4) is 17.5 Å². The summed E-state index contributed by atoms with van der Waals surface area (Å²) >= 11 is 12.0. The van der Waals surface area contributed by atoms with Crippen LogP contribution in [0.3, 0.4) is 0 Å². The number of methoxy groups -OCH3 is 1. The fourth-order valence-corrected chi connectivity index (χ4v) is 4.53. The van der Waals surface area contributed by atoms with E-state index in [1.54, 1.807) is 6.92 Å². The number of aryl methyl sites for hydroxylation is 1. The summed E-state index contributed by atoms with van der Waals surface area (Å²) in [4.78, 5) is 8.35. The third kappa shape index (κ3) is 5.24. The maximum Gasteiger partial charge on any atom is 0.264 e. The molecular weight excluding hydrogens is 475 g/mol. The molecule has 0 spiro atoms. The molecule has 0 amide bonds. The summed E-state index contributed by atoms with van der Waals surface area (Å²) in [6, 6.07) is 12.0. The van der Waals surface area contributed by atoms with E-state index in [-0.39, 0.29) is 38.6 Å². The first-order chi connectivity index (χ1) is 15.2. The number of ether oxygens (including phenoxy) is 2. The van der Waals surface area contributed by atoms with Gasteiger partial charge in [-0.2, -0.15) is 4.98 Å². The highest BCUT2D eigenvalue weighted by Crippen LogP contribution is 2.33. The molecule has 2 aromatic carbocycles. The van der Waals surface area contributed by atoms with Crippen molar-refractivity contribution in [2.75, 3.05) is 18.9 Å². The minimum Gasteiger partial charge on any atom is -0.478 e. The second-order valence-corrected chi connectivity index (χ2v) is 9.25. The Morgan fingerprint density at radius 2 is 1.72 bits per heavy atom. The number of sulfonamides is 1. The Labute approximate surface area is 197 Å². The SMILES string of the molecule is CNC(C)c1ccc(Oc2nc(OC)c(NS(=O)(=O)c3cccc(Cl)c3Cl)nc2C)cc1. The third-order valence-electron chi connectivity index (χ3n) is 4.65. The molecule has 0 radical (unpaired) electrons. The van der Waals surface area contributed by atoms with E-state index in [0.29, 0.717) is 11.4 Å². The topological polar surface area (TPSA) is 102 Å². The van der Waals surface area contributed by atoms with E-state index in [0.717, 1.165) is 5.56 Å². The summed E-state index contributed by atoms with van der Waals surface area (Å²) in [5, 5.41) is 3.18. The lowest BCUT2D eigenvalue weighted by Crippen LogP contribution is -2.16. The van der Waals surface area contributed by atoms with E-state index in [1.165, 1.54) is 25.3 Å². The molecule has 0 aliphatic heterocycles. The number of rotatable bonds is 8. The molecule has 1 atom stereocenters. The minimum absolute atomic E-state index is 0.0623. The summed E-state index contributed by atoms with van der Waals surface area (Å²) in [6.45, 7) is 3.69. The molecule has 11 heteroatoms. The second-order valence-electron chi connectivity index (χ2n) is 6.81. The number of benzene rings is 2. The Morgan fingerprint density at radius 1 is 1.03 bits per heavy atom. The summed E-state index contributed by atoms with van der Waals surface area (Å²) < 4.78 is 39.1. The van der Waals surface area contributed by atoms with Crippen molar-refractivity contribution in [2.45, 2.75) is 24.8 Å². The average Bonchev–Trinajstić information content (AvgIpc) is 2.77. The van der Waals surface area contributed by atoms with Crippen molar-refractivity contribution in [1.29, 1.82) is 0 Å². The van der Waals surface area contributed by atoms with Crippen LogP contribution in [0, 0.1) is 6.92 Å². The van der Waals surface area contributed by atoms with Gasteiger partial charge in [-0.05, 0) is 50.7 Å². The fraction of sp³-hybridized carbons (Fsp3) is 0.238. The van der Waals surface area contributed by atoms with Gasteiger partial charge in [-0.15, -0.1) is 0 Å². The largest absolute Gasteiger partial charge is 0.478 e. The molecule has 0 bridgehead atoms. The number of hydrogen-bond donors (Lipinski definition) is 2. The maximum atomic E-state index is 12.8. The van der Waals surface area contributed by atoms with E-state index in [1.807, 2.05) is 38.2 Å². The van der Waals surface area contributed by atoms with Crippen LogP contribution in [0.5, 0.6) is 17.5 Å². The van der Waals surface area contributed by atoms with Gasteiger partial charge in [0.1, 0.15) is 16.3 Å². The van der Waals surface area contributed by atoms with Crippen LogP contribution in [-0.2, 0) is 10.0 Å². The lowest BCUT2D eigenvalue weighted by Gasteiger charge is -2.15. The van der Waals surface area contributed by atoms with Crippen LogP contribution < -0.4 is 19.5 Å². The van der Waals surface area contributed by atoms with E-state index in [9.17, 15) is 8.42 Å². The molecule has 32 heavy (non-hydrogen) atoms. The van der Waals surface area contributed by atoms with E-state index < -0.39 is 10.0 Å². The highest BCUT2D eigenvalue weighted by atomic mass is 35.5. The molecule has 1 unspecified atom stereocenters. The predicted octanol–water partition coefficient (Wildman–Crippen LogP) is 4.97. The standard InChI is InChI=1S/C21H22Cl2N4O4S/c1-12(24-3)14-8-10-15(11-9-14)31-20-13(2)25-19(21(26-20)30-4)27-32(28,29)17-7-5-6-16(22)18(17)23/h5-12,24H,1-4H3,(H,25,27). The summed E-state index contributed by atoms with van der Waals surface area (Å²) in [5.74, 6) is 0.565. The van der Waals surface area contributed by atoms with Gasteiger partial charge >= 0.3 is 0 Å². The van der Waals surface area contributed by atoms with Crippen molar-refractivity contribution in [3.05, 3.63) is 63.8 Å². The van der Waals surface area contributed by atoms with Crippen molar-refractivity contribution < 1.29 is 17.9 Å². The van der Waals surface area contributed by atoms with Gasteiger partial charge in [-0.3, -0.25) is 4.72 Å². The number of nitrogens with one attached hydrogen (secondary N) is 2. The zero-order valence-corrected chi connectivity index (χ0v) is 20.1. The van der Waals surface area contributed by atoms with Crippen molar-refractivity contribution in [1.82, 2.24) is 15.3 Å². The van der Waals surface area contributed by atoms with Gasteiger partial charge in [-0.25, -0.2) is 13.4 Å². The molecule has 170 valence electrons. The van der Waals surface area contributed by atoms with Gasteiger partial charge in [-0.1, -0.05) is 41.4 Å². The van der Waals surface area contributed by atoms with E-state index >= 15 is 0 Å². The van der Waals surface area contributed by atoms with Crippen LogP contribution in [0.25, 0.3) is 0 Å². The highest BCUT2D eigenvalue weighted by Gasteiger charge is 2.24. The first-order valence-electron chi connectivity index (χ1n) is 9.50. The molecule has 0 aliphatic carbocycles. The molecule has 8 nitrogen and oxygen atoms in total. The first kappa shape index (κ1) is 24.1. The fourth-order valence-electron chi connectivity index (χ4n) is 2.77. The van der Waals surface area contributed by atoms with Gasteiger partial charge in [0.05, 0.1) is 17.2 Å². The Kier molecular flexibility index (Phi) is 7.45. The van der Waals surface area contributed by atoms with Gasteiger partial charge < -0.3 is 14.8 Å². The molecule has 0 saturated heterocycles. The van der Waals surface area contributed by atoms with Crippen LogP contribution in [0.1, 0.15) is 24.2 Å². The number of halogens is 2. The third-order valence-corrected chi connectivity index (χ3v) is 6.96. The molecule has 1 aromatic heterocycles. The van der Waals surface area contributed by atoms with Crippen LogP contribution in [0.15, 0.2) is 47.4 Å². The van der Waals surface area contributed by atoms with Gasteiger partial charge in [0, 0.05) is 6.04 Å². The lowest BCUT2D eigenvalue weighted by atomic mass is 10.1. The zero-order chi connectivity index (χ0) is 23.5. The lowest BCUT2D eigenvalue weighted by molar-refractivity contribution is 0.381. The van der Waals surface area contributed by atoms with Crippen LogP contribution in [0.2, 0.25) is 10.0 Å². The Bertz CT molecular complexity index is 1220. The van der Waals surface area contributed by atoms with Crippen LogP contribution >= 0.6 is 23.2 Å². The van der Waals surface area contributed by atoms with Crippen molar-refractivity contribution in [3.63, 3.8) is 0 Å². The highest BCUT2D eigenvalue weighted by molar-refractivity contribution is 7.92. The molecule has 1 heterocycles. The van der Waals surface area contributed by atoms with Crippen LogP contribution in [-0.4, -0.2) is 32.5 Å². The summed E-state index contributed by atoms with van der Waals surface area (Å²) in [7, 11) is -0.865. The first-order valence-corrected chi connectivity index (χ1v) is 11.7. The van der Waals surface area contributed by atoms with Gasteiger partial charge in [0.2, 0.25) is 11.7 Å². The average molecular weight is 497 g/mol. The molecule has 0 saturated carbocycles. The Morgan fingerprint density at radius 3 is 2.34 bits per heavy atom. The molecule has 3 aromatic rings. The quantitative estimate of drug-likeness (QED) is 0.453. The monoisotopic (exact) mass is 496 g/mol. The van der Waals surface area contributed by atoms with Crippen LogP contribution in [0.4, 0.5) is 5.82 Å². The van der Waals surface area contributed by atoms with Gasteiger partial charge in [0.15, 0.2) is 0 Å². The summed E-state index contributed by atoms with van der Waals surface area (Å²) in [6.07, 6.45) is 0. The van der Waals surface area contributed by atoms with Gasteiger partial charge in [0.25, 0.3) is 15.9 Å². The molecule has 0 fully saturated rings. The second kappa shape index (κ2) is 9.91. The van der Waals surface area contributed by atoms with Crippen molar-refractivity contribution in [2.24, 2.45) is 0 Å². The normalized spacial score (nSPS) is 12.3. The molecular formula is C21H22Cl2N4O4S. The molecule has 2 N–H and O–H groups in total. The number of hydrogen-bond acceptors (Lipinski definition) is 7. The molecule has 3 rings (SSSR count). The number of aromatic nitrogens is 2. The summed E-state index contributed by atoms with van der Waals surface area (Å²) in [5.41, 5.74) is 1.46. The molecule has 0 aliphatic rings. The van der Waals surface area contributed by atoms with Crippen molar-refractivity contribution >= 4 is 39.0 Å². The smallest absolute Gasteiger partial charge is 0.264 e. The predicted molar refractivity (Wildman–Crippen MR) is 125 cm³/mol. The minimum atomic E-state index is -4.10. The van der Waals surface area contributed by atoms with E-state index in [4.69, 9.17) is 32.7 Å². The maximum absolute atomic E-state index is 12.8. The number of anilines is 1.